The van der Waals surface area contributed by atoms with Crippen LogP contribution in [0.4, 0.5) is 14.4 Å². The predicted octanol–water partition coefficient (Wildman–Crippen LogP) is 7.62. The van der Waals surface area contributed by atoms with Gasteiger partial charge < -0.3 is 56.4 Å². The molecule has 0 radical (unpaired) electrons. The number of carbonyl (C=O) groups is 5. The fourth-order valence-corrected chi connectivity index (χ4v) is 9.45. The van der Waals surface area contributed by atoms with Crippen LogP contribution in [0.2, 0.25) is 0 Å². The molecule has 1 aliphatic rings. The first-order chi connectivity index (χ1) is 33.3. The largest absolute Gasteiger partial charge is 0.480 e. The van der Waals surface area contributed by atoms with E-state index in [-0.39, 0.29) is 24.6 Å². The minimum absolute atomic E-state index is 0.0208. The summed E-state index contributed by atoms with van der Waals surface area (Å²) in [6.45, 7) is 11.9. The van der Waals surface area contributed by atoms with Crippen molar-refractivity contribution in [2.75, 3.05) is 32.0 Å². The summed E-state index contributed by atoms with van der Waals surface area (Å²) in [5, 5.41) is 24.2. The molecule has 4 unspecified atom stereocenters. The quantitative estimate of drug-likeness (QED) is 0.0265. The van der Waals surface area contributed by atoms with Crippen molar-refractivity contribution in [3.8, 4) is 5.75 Å². The fourth-order valence-electron chi connectivity index (χ4n) is 7.75. The molecule has 1 heterocycles. The summed E-state index contributed by atoms with van der Waals surface area (Å²) < 4.78 is 21.2. The van der Waals surface area contributed by atoms with Crippen LogP contribution in [0.25, 0.3) is 0 Å². The summed E-state index contributed by atoms with van der Waals surface area (Å²) in [5.41, 5.74) is 8.23. The molecule has 17 heteroatoms. The van der Waals surface area contributed by atoms with E-state index in [1.165, 1.54) is 12.1 Å². The molecule has 0 bridgehead atoms. The van der Waals surface area contributed by atoms with Gasteiger partial charge in [0.15, 0.2) is 0 Å². The number of unbranched alkanes of at least 4 members (excludes halogenated alkanes) is 2. The summed E-state index contributed by atoms with van der Waals surface area (Å²) in [5.74, 6) is -0.567. The number of hydrogen-bond donors (Lipinski definition) is 7. The van der Waals surface area contributed by atoms with Gasteiger partial charge in [0.25, 0.3) is 0 Å². The molecule has 8 N–H and O–H groups in total. The van der Waals surface area contributed by atoms with E-state index in [2.05, 4.69) is 63.0 Å². The first-order valence-electron chi connectivity index (χ1n) is 23.7. The third-order valence-electron chi connectivity index (χ3n) is 11.2. The van der Waals surface area contributed by atoms with Gasteiger partial charge in [0.1, 0.15) is 34.8 Å². The number of alkyl carbamates (subject to hydrolysis) is 2. The van der Waals surface area contributed by atoms with Crippen molar-refractivity contribution in [2.24, 2.45) is 5.73 Å². The number of ether oxygens (including phenoxy) is 4. The standard InChI is InChI=1S/C53H70N6O10S/c1-50(2,3)68-48(64)57-41(30-32-56-47(63)67-42-28-26-37(27-29-42)33-43(45(61)62)58-49(65)69-51(4,5)6)34-55-31-18-10-17-25-44(60)59-52(35-66-46(52)54)36-70-53(38-19-11-7-12-20-38,39-21-13-8-14-22-39)40-23-15-9-16-24-40/h7-9,11-16,19-24,26-29,41,43,46,55H,10,17-18,25,30-36,54H2,1-6H3,(H,56,63)(H,57,64)(H,58,65)(H,59,60)(H,61,62). The Balaban J connectivity index is 1.07. The molecule has 70 heavy (non-hydrogen) atoms. The molecule has 16 nitrogen and oxygen atoms in total. The first kappa shape index (κ1) is 54.8. The van der Waals surface area contributed by atoms with E-state index in [9.17, 15) is 29.1 Å². The average molecular weight is 983 g/mol. The topological polar surface area (TPSA) is 229 Å². The summed E-state index contributed by atoms with van der Waals surface area (Å²) in [4.78, 5) is 62.9. The van der Waals surface area contributed by atoms with Crippen LogP contribution >= 0.6 is 11.8 Å². The van der Waals surface area contributed by atoms with Crippen LogP contribution in [-0.2, 0) is 35.0 Å². The number of benzene rings is 4. The molecular weight excluding hydrogens is 913 g/mol. The Morgan fingerprint density at radius 2 is 1.27 bits per heavy atom. The lowest BCUT2D eigenvalue weighted by Gasteiger charge is -2.49. The van der Waals surface area contributed by atoms with Gasteiger partial charge in [-0.1, -0.05) is 110 Å². The summed E-state index contributed by atoms with van der Waals surface area (Å²) >= 11 is 1.74. The Hall–Kier alpha value is -6.14. The van der Waals surface area contributed by atoms with Gasteiger partial charge in [-0.2, -0.15) is 0 Å². The van der Waals surface area contributed by atoms with Gasteiger partial charge in [-0.3, -0.25) is 4.79 Å². The van der Waals surface area contributed by atoms with Crippen LogP contribution in [0.1, 0.15) is 95.9 Å². The summed E-state index contributed by atoms with van der Waals surface area (Å²) in [7, 11) is 0. The van der Waals surface area contributed by atoms with Crippen LogP contribution in [0.15, 0.2) is 115 Å². The maximum atomic E-state index is 13.5. The second-order valence-corrected chi connectivity index (χ2v) is 20.5. The van der Waals surface area contributed by atoms with Crippen molar-refractivity contribution in [2.45, 2.75) is 120 Å². The molecule has 4 aromatic rings. The second kappa shape index (κ2) is 25.6. The smallest absolute Gasteiger partial charge is 0.412 e. The van der Waals surface area contributed by atoms with Crippen molar-refractivity contribution < 1.29 is 48.0 Å². The van der Waals surface area contributed by atoms with Crippen molar-refractivity contribution in [3.63, 3.8) is 0 Å². The third-order valence-corrected chi connectivity index (χ3v) is 13.0. The van der Waals surface area contributed by atoms with Crippen LogP contribution in [0.3, 0.4) is 0 Å². The van der Waals surface area contributed by atoms with E-state index in [1.54, 1.807) is 65.4 Å². The van der Waals surface area contributed by atoms with Crippen molar-refractivity contribution in [3.05, 3.63) is 138 Å². The Bertz CT molecular complexity index is 2200. The zero-order valence-corrected chi connectivity index (χ0v) is 41.9. The molecule has 4 amide bonds. The molecule has 378 valence electrons. The highest BCUT2D eigenvalue weighted by molar-refractivity contribution is 8.00. The fraction of sp³-hybridized carbons (Fsp3) is 0.453. The maximum absolute atomic E-state index is 13.5. The van der Waals surface area contributed by atoms with E-state index in [0.29, 0.717) is 50.3 Å². The van der Waals surface area contributed by atoms with Gasteiger partial charge in [0, 0.05) is 37.7 Å². The highest BCUT2D eigenvalue weighted by Crippen LogP contribution is 2.50. The number of carboxylic acid groups (broad SMARTS) is 1. The van der Waals surface area contributed by atoms with Crippen LogP contribution in [0, 0.1) is 0 Å². The molecule has 4 atom stereocenters. The van der Waals surface area contributed by atoms with Gasteiger partial charge in [-0.05, 0) is 102 Å². The maximum Gasteiger partial charge on any atom is 0.412 e. The zero-order chi connectivity index (χ0) is 50.8. The molecule has 4 aromatic carbocycles. The first-order valence-corrected chi connectivity index (χ1v) is 24.7. The molecule has 1 aliphatic heterocycles. The third kappa shape index (κ3) is 17.1. The number of carboxylic acids is 1. The van der Waals surface area contributed by atoms with Gasteiger partial charge in [0.2, 0.25) is 5.91 Å². The minimum atomic E-state index is -1.23. The molecule has 0 aromatic heterocycles. The molecule has 0 aliphatic carbocycles. The van der Waals surface area contributed by atoms with Gasteiger partial charge in [0.05, 0.1) is 11.4 Å². The highest BCUT2D eigenvalue weighted by Gasteiger charge is 2.50. The lowest BCUT2D eigenvalue weighted by Crippen LogP contribution is -2.73. The molecule has 5 rings (SSSR count). The van der Waals surface area contributed by atoms with Crippen LogP contribution in [-0.4, -0.2) is 102 Å². The van der Waals surface area contributed by atoms with E-state index < -0.39 is 64.0 Å². The summed E-state index contributed by atoms with van der Waals surface area (Å²) in [6, 6.07) is 35.8. The monoisotopic (exact) mass is 982 g/mol. The van der Waals surface area contributed by atoms with Crippen LogP contribution < -0.4 is 37.1 Å². The number of aliphatic carboxylic acids is 1. The van der Waals surface area contributed by atoms with Gasteiger partial charge in [-0.25, -0.2) is 19.2 Å². The number of hydrogen-bond acceptors (Lipinski definition) is 12. The van der Waals surface area contributed by atoms with Crippen LogP contribution in [0.5, 0.6) is 5.75 Å². The Kier molecular flexibility index (Phi) is 20.1. The SMILES string of the molecule is CC(C)(C)OC(=O)NC(CCNC(=O)Oc1ccc(CC(NC(=O)OC(C)(C)C)C(=O)O)cc1)CNCCCCCC(=O)NC1(CSC(c2ccccc2)(c2ccccc2)c2ccccc2)COC1N. The van der Waals surface area contributed by atoms with Gasteiger partial charge in [-0.15, -0.1) is 11.8 Å². The summed E-state index contributed by atoms with van der Waals surface area (Å²) in [6.07, 6.45) is 0.0968. The average Bonchev–Trinajstić information content (AvgIpc) is 3.30. The number of thioether (sulfide) groups is 1. The molecule has 1 saturated heterocycles. The zero-order valence-electron chi connectivity index (χ0n) is 41.1. The lowest BCUT2D eigenvalue weighted by atomic mass is 9.84. The lowest BCUT2D eigenvalue weighted by molar-refractivity contribution is -0.151. The Labute approximate surface area is 415 Å². The predicted molar refractivity (Wildman–Crippen MR) is 271 cm³/mol. The van der Waals surface area contributed by atoms with Gasteiger partial charge >= 0.3 is 24.2 Å². The van der Waals surface area contributed by atoms with E-state index >= 15 is 0 Å². The number of rotatable bonds is 24. The number of carbonyl (C=O) groups excluding carboxylic acids is 4. The number of nitrogens with two attached hydrogens (primary N) is 1. The van der Waals surface area contributed by atoms with Crippen molar-refractivity contribution >= 4 is 41.9 Å². The van der Waals surface area contributed by atoms with Crippen molar-refractivity contribution in [1.29, 1.82) is 0 Å². The van der Waals surface area contributed by atoms with E-state index in [4.69, 9.17) is 24.7 Å². The minimum Gasteiger partial charge on any atom is -0.480 e. The van der Waals surface area contributed by atoms with E-state index in [1.807, 2.05) is 54.6 Å². The second-order valence-electron chi connectivity index (χ2n) is 19.4. The number of amides is 4. The molecule has 0 saturated carbocycles. The molecular formula is C53H70N6O10S. The normalized spacial score (nSPS) is 16.6. The molecule has 1 fully saturated rings. The number of nitrogens with one attached hydrogen (secondary N) is 5. The van der Waals surface area contributed by atoms with Crippen molar-refractivity contribution in [1.82, 2.24) is 26.6 Å². The van der Waals surface area contributed by atoms with E-state index in [0.717, 1.165) is 29.5 Å². The highest BCUT2D eigenvalue weighted by atomic mass is 32.2. The Morgan fingerprint density at radius 1 is 0.729 bits per heavy atom. The molecule has 0 spiro atoms. The Morgan fingerprint density at radius 3 is 1.76 bits per heavy atom.